The van der Waals surface area contributed by atoms with Crippen molar-refractivity contribution >= 4 is 39.2 Å². The molecule has 24 heavy (non-hydrogen) atoms. The van der Waals surface area contributed by atoms with Gasteiger partial charge in [0.1, 0.15) is 17.9 Å². The number of nitro groups is 1. The molecule has 2 amide bonds. The van der Waals surface area contributed by atoms with Gasteiger partial charge in [0.15, 0.2) is 0 Å². The van der Waals surface area contributed by atoms with Gasteiger partial charge >= 0.3 is 0 Å². The zero-order valence-electron chi connectivity index (χ0n) is 11.9. The van der Waals surface area contributed by atoms with Gasteiger partial charge in [0.05, 0.1) is 11.1 Å². The fourth-order valence-corrected chi connectivity index (χ4v) is 2.04. The third-order valence-corrected chi connectivity index (χ3v) is 3.33. The number of carbonyl (C=O) groups excluding carboxylic acids is 2. The highest BCUT2D eigenvalue weighted by atomic mass is 79.9. The topological polar surface area (TPSA) is 150 Å². The molecule has 11 heteroatoms. The number of anilines is 1. The molecule has 0 aliphatic rings. The molecule has 0 saturated carbocycles. The second-order valence-electron chi connectivity index (χ2n) is 4.58. The molecular formula is C13H10BrN5O5. The summed E-state index contributed by atoms with van der Waals surface area (Å²) >= 11 is 3.19. The zero-order valence-corrected chi connectivity index (χ0v) is 13.5. The molecule has 2 aromatic heterocycles. The Morgan fingerprint density at radius 3 is 2.67 bits per heavy atom. The minimum absolute atomic E-state index is 0.233. The molecular weight excluding hydrogens is 386 g/mol. The molecule has 124 valence electrons. The SMILES string of the molecule is NC(=O)c1cc([N+](=O)[O-])cn(CC(=O)Nc2ccc(Br)cn2)c1=O. The second-order valence-corrected chi connectivity index (χ2v) is 5.49. The van der Waals surface area contributed by atoms with Crippen molar-refractivity contribution in [2.45, 2.75) is 6.54 Å². The van der Waals surface area contributed by atoms with Gasteiger partial charge < -0.3 is 11.1 Å². The number of pyridine rings is 2. The van der Waals surface area contributed by atoms with Gasteiger partial charge in [0.25, 0.3) is 17.2 Å². The van der Waals surface area contributed by atoms with E-state index in [0.29, 0.717) is 4.47 Å². The van der Waals surface area contributed by atoms with Gasteiger partial charge in [-0.2, -0.15) is 0 Å². The molecule has 2 aromatic rings. The standard InChI is InChI=1S/C13H10BrN5O5/c14-7-1-2-10(16-4-7)17-11(20)6-18-5-8(19(23)24)3-9(12(15)21)13(18)22/h1-5H,6H2,(H2,15,21)(H,16,17,20). The highest BCUT2D eigenvalue weighted by molar-refractivity contribution is 9.10. The molecule has 0 unspecified atom stereocenters. The number of amides is 2. The number of primary amides is 1. The third kappa shape index (κ3) is 4.01. The quantitative estimate of drug-likeness (QED) is 0.560. The van der Waals surface area contributed by atoms with E-state index in [4.69, 9.17) is 5.73 Å². The molecule has 0 radical (unpaired) electrons. The first kappa shape index (κ1) is 17.3. The first-order valence-corrected chi connectivity index (χ1v) is 7.17. The van der Waals surface area contributed by atoms with Crippen LogP contribution in [0.4, 0.5) is 11.5 Å². The predicted molar refractivity (Wildman–Crippen MR) is 86.4 cm³/mol. The molecule has 0 aromatic carbocycles. The minimum atomic E-state index is -1.12. The number of carbonyl (C=O) groups is 2. The van der Waals surface area contributed by atoms with Crippen molar-refractivity contribution in [2.24, 2.45) is 5.73 Å². The Balaban J connectivity index is 2.29. The molecule has 0 bridgehead atoms. The molecule has 10 nitrogen and oxygen atoms in total. The summed E-state index contributed by atoms with van der Waals surface area (Å²) in [6.45, 7) is -0.543. The molecule has 0 atom stereocenters. The summed E-state index contributed by atoms with van der Waals surface area (Å²) in [5.74, 6) is -1.54. The molecule has 3 N–H and O–H groups in total. The van der Waals surface area contributed by atoms with Gasteiger partial charge in [-0.05, 0) is 28.1 Å². The maximum Gasteiger partial charge on any atom is 0.286 e. The van der Waals surface area contributed by atoms with E-state index in [2.05, 4.69) is 26.2 Å². The molecule has 2 rings (SSSR count). The van der Waals surface area contributed by atoms with Gasteiger partial charge in [-0.15, -0.1) is 0 Å². The van der Waals surface area contributed by atoms with Crippen molar-refractivity contribution in [3.63, 3.8) is 0 Å². The molecule has 0 aliphatic carbocycles. The van der Waals surface area contributed by atoms with Crippen LogP contribution in [0.25, 0.3) is 0 Å². The van der Waals surface area contributed by atoms with Crippen molar-refractivity contribution in [1.82, 2.24) is 9.55 Å². The fourth-order valence-electron chi connectivity index (χ4n) is 1.80. The average molecular weight is 396 g/mol. The number of nitrogens with one attached hydrogen (secondary N) is 1. The second kappa shape index (κ2) is 7.00. The van der Waals surface area contributed by atoms with Gasteiger partial charge in [-0.3, -0.25) is 29.1 Å². The minimum Gasteiger partial charge on any atom is -0.365 e. The lowest BCUT2D eigenvalue weighted by atomic mass is 10.2. The van der Waals surface area contributed by atoms with Crippen LogP contribution in [0.5, 0.6) is 0 Å². The smallest absolute Gasteiger partial charge is 0.286 e. The lowest BCUT2D eigenvalue weighted by molar-refractivity contribution is -0.385. The first-order valence-electron chi connectivity index (χ1n) is 6.38. The molecule has 0 aliphatic heterocycles. The van der Waals surface area contributed by atoms with Gasteiger partial charge in [0.2, 0.25) is 5.91 Å². The molecule has 0 fully saturated rings. The van der Waals surface area contributed by atoms with Crippen molar-refractivity contribution in [3.8, 4) is 0 Å². The Hall–Kier alpha value is -3.08. The van der Waals surface area contributed by atoms with E-state index in [1.807, 2.05) is 0 Å². The number of aromatic nitrogens is 2. The lowest BCUT2D eigenvalue weighted by Crippen LogP contribution is -2.33. The van der Waals surface area contributed by atoms with Gasteiger partial charge in [-0.25, -0.2) is 4.98 Å². The van der Waals surface area contributed by atoms with Gasteiger partial charge in [0, 0.05) is 16.7 Å². The maximum atomic E-state index is 12.1. The summed E-state index contributed by atoms with van der Waals surface area (Å²) in [7, 11) is 0. The summed E-state index contributed by atoms with van der Waals surface area (Å²) in [5, 5.41) is 13.3. The average Bonchev–Trinajstić information content (AvgIpc) is 2.51. The Bertz CT molecular complexity index is 877. The van der Waals surface area contributed by atoms with E-state index in [1.165, 1.54) is 12.3 Å². The van der Waals surface area contributed by atoms with Crippen molar-refractivity contribution < 1.29 is 14.5 Å². The van der Waals surface area contributed by atoms with Crippen LogP contribution in [-0.4, -0.2) is 26.3 Å². The van der Waals surface area contributed by atoms with Crippen LogP contribution < -0.4 is 16.6 Å². The summed E-state index contributed by atoms with van der Waals surface area (Å²) in [6.07, 6.45) is 2.32. The zero-order chi connectivity index (χ0) is 17.9. The van der Waals surface area contributed by atoms with E-state index in [0.717, 1.165) is 16.8 Å². The van der Waals surface area contributed by atoms with Crippen LogP contribution in [0, 0.1) is 10.1 Å². The van der Waals surface area contributed by atoms with E-state index < -0.39 is 40.1 Å². The number of rotatable bonds is 5. The van der Waals surface area contributed by atoms with E-state index in [1.54, 1.807) is 6.07 Å². The fraction of sp³-hybridized carbons (Fsp3) is 0.0769. The summed E-state index contributed by atoms with van der Waals surface area (Å²) in [5.41, 5.74) is 3.03. The Kier molecular flexibility index (Phi) is 5.04. The van der Waals surface area contributed by atoms with Crippen LogP contribution in [0.3, 0.4) is 0 Å². The largest absolute Gasteiger partial charge is 0.365 e. The number of halogens is 1. The van der Waals surface area contributed by atoms with Crippen LogP contribution in [0.1, 0.15) is 10.4 Å². The van der Waals surface area contributed by atoms with E-state index >= 15 is 0 Å². The van der Waals surface area contributed by atoms with E-state index in [-0.39, 0.29) is 5.82 Å². The highest BCUT2D eigenvalue weighted by Crippen LogP contribution is 2.12. The summed E-state index contributed by atoms with van der Waals surface area (Å²) in [4.78, 5) is 49.3. The Morgan fingerprint density at radius 2 is 2.12 bits per heavy atom. The van der Waals surface area contributed by atoms with Crippen LogP contribution in [0.2, 0.25) is 0 Å². The number of nitrogens with zero attached hydrogens (tertiary/aromatic N) is 3. The molecule has 2 heterocycles. The maximum absolute atomic E-state index is 12.1. The lowest BCUT2D eigenvalue weighted by Gasteiger charge is -2.08. The summed E-state index contributed by atoms with van der Waals surface area (Å²) in [6, 6.07) is 3.94. The molecule has 0 spiro atoms. The Morgan fingerprint density at radius 1 is 1.42 bits per heavy atom. The predicted octanol–water partition coefficient (Wildman–Crippen LogP) is 0.652. The van der Waals surface area contributed by atoms with Crippen LogP contribution >= 0.6 is 15.9 Å². The van der Waals surface area contributed by atoms with Crippen molar-refractivity contribution in [3.05, 3.63) is 61.1 Å². The normalized spacial score (nSPS) is 10.2. The Labute approximate surface area is 142 Å². The van der Waals surface area contributed by atoms with E-state index in [9.17, 15) is 24.5 Å². The van der Waals surface area contributed by atoms with Crippen molar-refractivity contribution in [2.75, 3.05) is 5.32 Å². The number of hydrogen-bond acceptors (Lipinski definition) is 6. The first-order chi connectivity index (χ1) is 11.3. The van der Waals surface area contributed by atoms with Gasteiger partial charge in [-0.1, -0.05) is 0 Å². The number of nitrogens with two attached hydrogens (primary N) is 1. The summed E-state index contributed by atoms with van der Waals surface area (Å²) < 4.78 is 1.45. The van der Waals surface area contributed by atoms with Crippen LogP contribution in [-0.2, 0) is 11.3 Å². The van der Waals surface area contributed by atoms with Crippen LogP contribution in [0.15, 0.2) is 39.9 Å². The molecule has 0 saturated heterocycles. The third-order valence-electron chi connectivity index (χ3n) is 2.86. The highest BCUT2D eigenvalue weighted by Gasteiger charge is 2.18. The van der Waals surface area contributed by atoms with Crippen molar-refractivity contribution in [1.29, 1.82) is 0 Å². The monoisotopic (exact) mass is 395 g/mol. The number of hydrogen-bond donors (Lipinski definition) is 2.